The molecule has 1 aromatic carbocycles. The van der Waals surface area contributed by atoms with Gasteiger partial charge in [0, 0.05) is 17.3 Å². The molecule has 2 aromatic heterocycles. The Morgan fingerprint density at radius 2 is 1.92 bits per heavy atom. The number of hydrogen-bond acceptors (Lipinski definition) is 6. The molecule has 0 bridgehead atoms. The third-order valence-electron chi connectivity index (χ3n) is 3.68. The van der Waals surface area contributed by atoms with Crippen LogP contribution in [0.2, 0.25) is 0 Å². The number of methoxy groups -OCH3 is 1. The average molecular weight is 374 g/mol. The van der Waals surface area contributed by atoms with Crippen LogP contribution in [0.5, 0.6) is 5.75 Å². The van der Waals surface area contributed by atoms with Gasteiger partial charge in [0.15, 0.2) is 9.84 Å². The van der Waals surface area contributed by atoms with Crippen molar-refractivity contribution in [1.82, 2.24) is 4.98 Å². The molecule has 0 aliphatic carbocycles. The zero-order chi connectivity index (χ0) is 17.9. The molecule has 3 rings (SSSR count). The molecular formula is C18H18N2O3S2. The van der Waals surface area contributed by atoms with Gasteiger partial charge < -0.3 is 10.1 Å². The molecule has 130 valence electrons. The maximum Gasteiger partial charge on any atom is 0.179 e. The lowest BCUT2D eigenvalue weighted by Gasteiger charge is -2.08. The smallest absolute Gasteiger partial charge is 0.179 e. The number of aromatic nitrogens is 1. The fraction of sp³-hybridized carbons (Fsp3) is 0.167. The van der Waals surface area contributed by atoms with Crippen LogP contribution in [0.15, 0.2) is 58.9 Å². The van der Waals surface area contributed by atoms with Crippen molar-refractivity contribution in [3.8, 4) is 16.9 Å². The molecule has 0 radical (unpaired) electrons. The first-order valence-electron chi connectivity index (χ1n) is 7.58. The molecule has 7 heteroatoms. The van der Waals surface area contributed by atoms with Gasteiger partial charge in [0.05, 0.1) is 13.7 Å². The van der Waals surface area contributed by atoms with Crippen LogP contribution in [-0.2, 0) is 16.4 Å². The minimum atomic E-state index is -3.32. The Morgan fingerprint density at radius 3 is 2.60 bits per heavy atom. The van der Waals surface area contributed by atoms with E-state index in [4.69, 9.17) is 4.74 Å². The zero-order valence-corrected chi connectivity index (χ0v) is 15.5. The van der Waals surface area contributed by atoms with Gasteiger partial charge in [-0.3, -0.25) is 0 Å². The topological polar surface area (TPSA) is 68.3 Å². The van der Waals surface area contributed by atoms with Crippen LogP contribution in [0.4, 0.5) is 5.82 Å². The number of nitrogens with zero attached hydrogens (tertiary/aromatic N) is 1. The highest BCUT2D eigenvalue weighted by molar-refractivity contribution is 7.90. The molecule has 0 spiro atoms. The second-order valence-electron chi connectivity index (χ2n) is 5.51. The van der Waals surface area contributed by atoms with Crippen LogP contribution in [0, 0.1) is 0 Å². The highest BCUT2D eigenvalue weighted by Gasteiger charge is 2.14. The summed E-state index contributed by atoms with van der Waals surface area (Å²) in [6.45, 7) is 0.514. The maximum absolute atomic E-state index is 11.8. The molecule has 0 saturated carbocycles. The molecule has 0 aliphatic heterocycles. The van der Waals surface area contributed by atoms with E-state index in [-0.39, 0.29) is 4.90 Å². The van der Waals surface area contributed by atoms with Crippen molar-refractivity contribution in [1.29, 1.82) is 0 Å². The first kappa shape index (κ1) is 17.4. The molecular weight excluding hydrogens is 356 g/mol. The van der Waals surface area contributed by atoms with Gasteiger partial charge in [0.2, 0.25) is 0 Å². The van der Waals surface area contributed by atoms with E-state index in [2.05, 4.69) is 21.7 Å². The van der Waals surface area contributed by atoms with E-state index in [9.17, 15) is 8.42 Å². The summed E-state index contributed by atoms with van der Waals surface area (Å²) in [4.78, 5) is 5.45. The Labute approximate surface area is 151 Å². The summed E-state index contributed by atoms with van der Waals surface area (Å²) in [5.74, 6) is 1.20. The van der Waals surface area contributed by atoms with E-state index < -0.39 is 9.84 Å². The average Bonchev–Trinajstić information content (AvgIpc) is 3.08. The Bertz CT molecular complexity index is 964. The van der Waals surface area contributed by atoms with Crippen LogP contribution in [0.3, 0.4) is 0 Å². The van der Waals surface area contributed by atoms with Crippen molar-refractivity contribution >= 4 is 27.0 Å². The second kappa shape index (κ2) is 7.25. The van der Waals surface area contributed by atoms with Crippen LogP contribution >= 0.6 is 11.3 Å². The number of pyridine rings is 1. The van der Waals surface area contributed by atoms with Crippen LogP contribution in [0.25, 0.3) is 11.1 Å². The van der Waals surface area contributed by atoms with Crippen molar-refractivity contribution in [3.05, 3.63) is 58.9 Å². The lowest BCUT2D eigenvalue weighted by atomic mass is 10.1. The van der Waals surface area contributed by atoms with Gasteiger partial charge in [0.25, 0.3) is 0 Å². The number of hydrogen-bond donors (Lipinski definition) is 1. The SMILES string of the molecule is COc1ccc(-c2csc(CNc3ncccc3S(C)(=O)=O)c2)cc1. The first-order valence-corrected chi connectivity index (χ1v) is 10.4. The third-order valence-corrected chi connectivity index (χ3v) is 5.74. The van der Waals surface area contributed by atoms with Gasteiger partial charge in [-0.2, -0.15) is 0 Å². The molecule has 0 aliphatic rings. The van der Waals surface area contributed by atoms with Gasteiger partial charge in [-0.15, -0.1) is 11.3 Å². The molecule has 3 aromatic rings. The lowest BCUT2D eigenvalue weighted by molar-refractivity contribution is 0.415. The summed E-state index contributed by atoms with van der Waals surface area (Å²) < 4.78 is 28.8. The van der Waals surface area contributed by atoms with Crippen molar-refractivity contribution < 1.29 is 13.2 Å². The van der Waals surface area contributed by atoms with Crippen molar-refractivity contribution in [2.75, 3.05) is 18.7 Å². The van der Waals surface area contributed by atoms with E-state index in [0.717, 1.165) is 21.8 Å². The maximum atomic E-state index is 11.8. The van der Waals surface area contributed by atoms with Gasteiger partial charge in [-0.05, 0) is 46.8 Å². The lowest BCUT2D eigenvalue weighted by Crippen LogP contribution is -2.07. The quantitative estimate of drug-likeness (QED) is 0.710. The minimum absolute atomic E-state index is 0.210. The normalized spacial score (nSPS) is 11.3. The highest BCUT2D eigenvalue weighted by atomic mass is 32.2. The van der Waals surface area contributed by atoms with Crippen molar-refractivity contribution in [2.45, 2.75) is 11.4 Å². The number of benzene rings is 1. The summed E-state index contributed by atoms with van der Waals surface area (Å²) in [6, 6.07) is 13.1. The molecule has 25 heavy (non-hydrogen) atoms. The van der Waals surface area contributed by atoms with Gasteiger partial charge >= 0.3 is 0 Å². The van der Waals surface area contributed by atoms with E-state index in [1.807, 2.05) is 24.3 Å². The van der Waals surface area contributed by atoms with Crippen LogP contribution < -0.4 is 10.1 Å². The number of thiophene rings is 1. The first-order chi connectivity index (χ1) is 12.0. The van der Waals surface area contributed by atoms with E-state index in [1.54, 1.807) is 36.8 Å². The Kier molecular flexibility index (Phi) is 5.06. The van der Waals surface area contributed by atoms with Gasteiger partial charge in [0.1, 0.15) is 16.5 Å². The summed E-state index contributed by atoms with van der Waals surface area (Å²) >= 11 is 1.62. The summed E-state index contributed by atoms with van der Waals surface area (Å²) in [5.41, 5.74) is 2.23. The number of nitrogens with one attached hydrogen (secondary N) is 1. The number of rotatable bonds is 6. The second-order valence-corrected chi connectivity index (χ2v) is 8.49. The van der Waals surface area contributed by atoms with E-state index >= 15 is 0 Å². The summed E-state index contributed by atoms with van der Waals surface area (Å²) in [6.07, 6.45) is 2.76. The molecule has 0 fully saturated rings. The predicted octanol–water partition coefficient (Wildman–Crippen LogP) is 3.83. The highest BCUT2D eigenvalue weighted by Crippen LogP contribution is 2.28. The van der Waals surface area contributed by atoms with Crippen molar-refractivity contribution in [2.24, 2.45) is 0 Å². The Balaban J connectivity index is 1.74. The van der Waals surface area contributed by atoms with Gasteiger partial charge in [-0.25, -0.2) is 13.4 Å². The van der Waals surface area contributed by atoms with Crippen LogP contribution in [-0.4, -0.2) is 26.8 Å². The van der Waals surface area contributed by atoms with E-state index in [1.165, 1.54) is 6.26 Å². The number of anilines is 1. The van der Waals surface area contributed by atoms with Crippen molar-refractivity contribution in [3.63, 3.8) is 0 Å². The standard InChI is InChI=1S/C18H18N2O3S2/c1-23-15-7-5-13(6-8-15)14-10-16(24-12-14)11-20-18-17(25(2,21)22)4-3-9-19-18/h3-10,12H,11H2,1-2H3,(H,19,20). The predicted molar refractivity (Wildman–Crippen MR) is 101 cm³/mol. The molecule has 1 N–H and O–H groups in total. The van der Waals surface area contributed by atoms with Gasteiger partial charge in [-0.1, -0.05) is 12.1 Å². The molecule has 0 amide bonds. The Morgan fingerprint density at radius 1 is 1.16 bits per heavy atom. The largest absolute Gasteiger partial charge is 0.497 e. The molecule has 5 nitrogen and oxygen atoms in total. The summed E-state index contributed by atoms with van der Waals surface area (Å²) in [7, 11) is -1.67. The molecule has 0 atom stereocenters. The fourth-order valence-corrected chi connectivity index (χ4v) is 4.04. The minimum Gasteiger partial charge on any atom is -0.497 e. The number of ether oxygens (including phenoxy) is 1. The number of sulfone groups is 1. The molecule has 0 saturated heterocycles. The monoisotopic (exact) mass is 374 g/mol. The fourth-order valence-electron chi connectivity index (χ4n) is 2.40. The third kappa shape index (κ3) is 4.18. The summed E-state index contributed by atoms with van der Waals surface area (Å²) in [5, 5.41) is 5.20. The van der Waals surface area contributed by atoms with Crippen LogP contribution in [0.1, 0.15) is 4.88 Å². The molecule has 2 heterocycles. The molecule has 0 unspecified atom stereocenters. The Hall–Kier alpha value is -2.38. The van der Waals surface area contributed by atoms with E-state index in [0.29, 0.717) is 12.4 Å². The zero-order valence-electron chi connectivity index (χ0n) is 13.9.